The third-order valence-corrected chi connectivity index (χ3v) is 12.0. The SMILES string of the molecule is [2H]c1c(Oc2[c-]c(-n3[c-][n+](-c4c(-c5ccccc5)cccc4-c4cc(C(C)(C)C)cc(C(C)(C)C)c4)c4ccccc43)ccc2)[c-]c2c(c1[2H])c1c([2H])c([2H])c([2H])c([2H])c1n2-c1cc(CC(C)(C)C)ccn1.[Pt]. The van der Waals surface area contributed by atoms with Gasteiger partial charge in [-0.15, -0.1) is 29.6 Å². The third kappa shape index (κ3) is 9.02. The first-order chi connectivity index (χ1) is 34.1. The van der Waals surface area contributed by atoms with Crippen LogP contribution in [0.2, 0.25) is 0 Å². The van der Waals surface area contributed by atoms with Crippen molar-refractivity contribution in [2.45, 2.75) is 79.6 Å². The van der Waals surface area contributed by atoms with Crippen LogP contribution in [0.1, 0.15) is 87.2 Å². The van der Waals surface area contributed by atoms with E-state index < -0.39 is 12.1 Å². The second-order valence-corrected chi connectivity index (χ2v) is 20.4. The Kier molecular flexibility index (Phi) is 10.1. The standard InChI is InChI=1S/C61H56N4O.Pt/c1-59(2,3)39-41-31-32-62-57(33-41)65-53-26-14-13-23-51(53)52-30-29-48(38-56(52)65)66-47-22-17-21-46(37-47)63-40-64(55-28-16-15-27-54(55)63)58-49(42-19-11-10-12-20-42)24-18-25-50(58)43-34-44(60(4,5)6)36-45(35-43)61(7,8)9;/h10-36H,39H2,1-9H3;/q-2;/i13D,14D,23D,26D,29D,30D;. The minimum absolute atomic E-state index is 0. The summed E-state index contributed by atoms with van der Waals surface area (Å²) in [5, 5.41) is 0.272. The third-order valence-electron chi connectivity index (χ3n) is 12.0. The molecule has 0 N–H and O–H groups in total. The molecular formula is C61H56N4OPt-2. The predicted molar refractivity (Wildman–Crippen MR) is 271 cm³/mol. The Morgan fingerprint density at radius 1 is 0.627 bits per heavy atom. The number of fused-ring (bicyclic) bond motifs is 4. The van der Waals surface area contributed by atoms with E-state index in [4.69, 9.17) is 15.2 Å². The van der Waals surface area contributed by atoms with Gasteiger partial charge in [0.15, 0.2) is 0 Å². The number of imidazole rings is 1. The zero-order chi connectivity index (χ0) is 51.2. The van der Waals surface area contributed by atoms with E-state index in [1.165, 1.54) is 11.1 Å². The molecule has 0 unspecified atom stereocenters. The van der Waals surface area contributed by atoms with E-state index in [0.29, 0.717) is 11.5 Å². The summed E-state index contributed by atoms with van der Waals surface area (Å²) in [6, 6.07) is 46.1. The van der Waals surface area contributed by atoms with Crippen LogP contribution in [0.25, 0.3) is 72.3 Å². The molecule has 0 aliphatic heterocycles. The predicted octanol–water partition coefficient (Wildman–Crippen LogP) is 15.1. The summed E-state index contributed by atoms with van der Waals surface area (Å²) >= 11 is 0. The summed E-state index contributed by atoms with van der Waals surface area (Å²) < 4.78 is 66.2. The van der Waals surface area contributed by atoms with Crippen LogP contribution in [0.15, 0.2) is 164 Å². The minimum atomic E-state index is -0.432. The number of hydrogen-bond acceptors (Lipinski definition) is 2. The quantitative estimate of drug-likeness (QED) is 0.112. The zero-order valence-electron chi connectivity index (χ0n) is 45.3. The number of benzene rings is 7. The van der Waals surface area contributed by atoms with Gasteiger partial charge in [-0.1, -0.05) is 177 Å². The number of nitrogens with zero attached hydrogens (tertiary/aromatic N) is 4. The minimum Gasteiger partial charge on any atom is -0.510 e. The van der Waals surface area contributed by atoms with Gasteiger partial charge in [0.05, 0.1) is 22.2 Å². The maximum Gasteiger partial charge on any atom is 0.268 e. The summed E-state index contributed by atoms with van der Waals surface area (Å²) in [6.45, 7) is 20.0. The number of hydrogen-bond donors (Lipinski definition) is 0. The Hall–Kier alpha value is -6.55. The second kappa shape index (κ2) is 17.6. The van der Waals surface area contributed by atoms with Crippen LogP contribution in [0.5, 0.6) is 11.5 Å². The Morgan fingerprint density at radius 2 is 1.31 bits per heavy atom. The van der Waals surface area contributed by atoms with Gasteiger partial charge < -0.3 is 13.9 Å². The molecule has 0 saturated carbocycles. The number of rotatable bonds is 8. The van der Waals surface area contributed by atoms with Gasteiger partial charge >= 0.3 is 0 Å². The molecule has 0 aliphatic rings. The summed E-state index contributed by atoms with van der Waals surface area (Å²) in [6.07, 6.45) is 6.14. The Bertz CT molecular complexity index is 3750. The van der Waals surface area contributed by atoms with Gasteiger partial charge in [0, 0.05) is 45.6 Å². The molecule has 0 amide bonds. The zero-order valence-corrected chi connectivity index (χ0v) is 41.6. The van der Waals surface area contributed by atoms with E-state index in [1.54, 1.807) is 16.8 Å². The van der Waals surface area contributed by atoms with Crippen molar-refractivity contribution < 1.29 is 38.6 Å². The van der Waals surface area contributed by atoms with Gasteiger partial charge in [0.25, 0.3) is 6.33 Å². The fourth-order valence-corrected chi connectivity index (χ4v) is 8.74. The molecule has 0 radical (unpaired) electrons. The molecule has 0 bridgehead atoms. The fourth-order valence-electron chi connectivity index (χ4n) is 8.74. The van der Waals surface area contributed by atoms with E-state index in [1.807, 2.05) is 47.0 Å². The Morgan fingerprint density at radius 3 is 2.04 bits per heavy atom. The van der Waals surface area contributed by atoms with Crippen molar-refractivity contribution in [3.05, 3.63) is 199 Å². The molecule has 3 aromatic heterocycles. The van der Waals surface area contributed by atoms with Crippen molar-refractivity contribution in [2.24, 2.45) is 5.41 Å². The molecule has 6 heteroatoms. The summed E-state index contributed by atoms with van der Waals surface area (Å²) in [5.41, 5.74) is 11.3. The first-order valence-electron chi connectivity index (χ1n) is 25.5. The largest absolute Gasteiger partial charge is 0.510 e. The monoisotopic (exact) mass is 1060 g/mol. The topological polar surface area (TPSA) is 35.9 Å². The van der Waals surface area contributed by atoms with E-state index in [-0.39, 0.29) is 94.8 Å². The van der Waals surface area contributed by atoms with Crippen molar-refractivity contribution in [3.8, 4) is 50.9 Å². The average molecular weight is 1060 g/mol. The van der Waals surface area contributed by atoms with Gasteiger partial charge in [0.2, 0.25) is 0 Å². The Labute approximate surface area is 418 Å². The van der Waals surface area contributed by atoms with E-state index in [0.717, 1.165) is 51.0 Å². The van der Waals surface area contributed by atoms with Crippen molar-refractivity contribution in [2.75, 3.05) is 0 Å². The van der Waals surface area contributed by atoms with Crippen LogP contribution >= 0.6 is 0 Å². The molecule has 3 heterocycles. The van der Waals surface area contributed by atoms with Crippen molar-refractivity contribution in [1.29, 1.82) is 0 Å². The molecule has 10 aromatic rings. The molecule has 67 heavy (non-hydrogen) atoms. The average Bonchev–Trinajstić information content (AvgIpc) is 3.90. The molecule has 5 nitrogen and oxygen atoms in total. The Balaban J connectivity index is 0.00000656. The van der Waals surface area contributed by atoms with Gasteiger partial charge in [-0.25, -0.2) is 4.98 Å². The maximum atomic E-state index is 9.40. The maximum absolute atomic E-state index is 9.40. The van der Waals surface area contributed by atoms with E-state index >= 15 is 0 Å². The van der Waals surface area contributed by atoms with Crippen LogP contribution in [-0.4, -0.2) is 14.1 Å². The smallest absolute Gasteiger partial charge is 0.268 e. The summed E-state index contributed by atoms with van der Waals surface area (Å²) in [7, 11) is 0. The van der Waals surface area contributed by atoms with Gasteiger partial charge in [-0.2, -0.15) is 18.2 Å². The molecule has 338 valence electrons. The van der Waals surface area contributed by atoms with Gasteiger partial charge in [-0.05, 0) is 92.2 Å². The number of para-hydroxylation sites is 4. The molecular weight excluding hydrogens is 1000 g/mol. The first-order valence-corrected chi connectivity index (χ1v) is 22.5. The van der Waals surface area contributed by atoms with Crippen LogP contribution in [0, 0.1) is 23.9 Å². The summed E-state index contributed by atoms with van der Waals surface area (Å²) in [5.74, 6) is 0.576. The van der Waals surface area contributed by atoms with Crippen LogP contribution in [0.3, 0.4) is 0 Å². The van der Waals surface area contributed by atoms with Crippen LogP contribution in [0.4, 0.5) is 0 Å². The van der Waals surface area contributed by atoms with Crippen molar-refractivity contribution in [1.82, 2.24) is 14.1 Å². The number of aromatic nitrogens is 4. The summed E-state index contributed by atoms with van der Waals surface area (Å²) in [4.78, 5) is 4.69. The van der Waals surface area contributed by atoms with Gasteiger partial charge in [0.1, 0.15) is 5.82 Å². The van der Waals surface area contributed by atoms with E-state index in [9.17, 15) is 2.74 Å². The molecule has 0 spiro atoms. The van der Waals surface area contributed by atoms with E-state index in [2.05, 4.69) is 158 Å². The number of pyridine rings is 1. The van der Waals surface area contributed by atoms with Crippen molar-refractivity contribution >= 4 is 32.8 Å². The number of ether oxygens (including phenoxy) is 1. The first kappa shape index (κ1) is 38.5. The van der Waals surface area contributed by atoms with Crippen LogP contribution in [-0.2, 0) is 38.3 Å². The molecule has 10 rings (SSSR count). The molecule has 0 saturated heterocycles. The second-order valence-electron chi connectivity index (χ2n) is 20.4. The molecule has 7 aromatic carbocycles. The van der Waals surface area contributed by atoms with Crippen molar-refractivity contribution in [3.63, 3.8) is 0 Å². The molecule has 0 atom stereocenters. The fraction of sp³-hybridized carbons (Fsp3) is 0.213. The van der Waals surface area contributed by atoms with Gasteiger partial charge in [-0.3, -0.25) is 4.57 Å². The van der Waals surface area contributed by atoms with Crippen LogP contribution < -0.4 is 9.30 Å². The normalized spacial score (nSPS) is 13.4. The molecule has 0 aliphatic carbocycles. The molecule has 0 fully saturated rings.